The molecule has 0 aromatic heterocycles. The second kappa shape index (κ2) is 4.76. The first kappa shape index (κ1) is 11.8. The lowest BCUT2D eigenvalue weighted by atomic mass is 10.0. The predicted octanol–water partition coefficient (Wildman–Crippen LogP) is 4.22. The van der Waals surface area contributed by atoms with Gasteiger partial charge in [0.05, 0.1) is 5.56 Å². The summed E-state index contributed by atoms with van der Waals surface area (Å²) in [6, 6.07) is 15.0. The molecular weight excluding hydrogens is 238 g/mol. The van der Waals surface area contributed by atoms with Crippen LogP contribution in [0.25, 0.3) is 0 Å². The summed E-state index contributed by atoms with van der Waals surface area (Å²) in [5.74, 6) is 1.35. The molecule has 0 aliphatic carbocycles. The second-order valence-electron chi connectivity index (χ2n) is 4.56. The van der Waals surface area contributed by atoms with E-state index in [1.165, 1.54) is 0 Å². The molecule has 19 heavy (non-hydrogen) atoms. The van der Waals surface area contributed by atoms with Gasteiger partial charge in [0.1, 0.15) is 5.75 Å². The van der Waals surface area contributed by atoms with Crippen molar-refractivity contribution in [1.29, 1.82) is 0 Å². The SMILES string of the molecule is CCCC1=[N+]([O-])c2ccccc2Oc2ccccc21. The molecular formula is C16H15NO2. The number of fused-ring (bicyclic) bond motifs is 2. The average Bonchev–Trinajstić information content (AvgIpc) is 2.56. The molecule has 0 fully saturated rings. The number of nitrogens with zero attached hydrogens (tertiary/aromatic N) is 1. The minimum absolute atomic E-state index is 0.571. The van der Waals surface area contributed by atoms with Crippen LogP contribution in [0.1, 0.15) is 25.3 Å². The lowest BCUT2D eigenvalue weighted by Gasteiger charge is -2.08. The van der Waals surface area contributed by atoms with Crippen LogP contribution in [0.5, 0.6) is 11.5 Å². The van der Waals surface area contributed by atoms with E-state index in [9.17, 15) is 5.21 Å². The summed E-state index contributed by atoms with van der Waals surface area (Å²) in [4.78, 5) is 0. The fourth-order valence-corrected chi connectivity index (χ4v) is 2.35. The maximum absolute atomic E-state index is 12.6. The third-order valence-electron chi connectivity index (χ3n) is 3.23. The second-order valence-corrected chi connectivity index (χ2v) is 4.56. The first-order valence-electron chi connectivity index (χ1n) is 6.50. The Morgan fingerprint density at radius 1 is 1.00 bits per heavy atom. The Bertz CT molecular complexity index is 647. The van der Waals surface area contributed by atoms with E-state index in [2.05, 4.69) is 6.92 Å². The van der Waals surface area contributed by atoms with Crippen LogP contribution in [0.2, 0.25) is 0 Å². The largest absolute Gasteiger partial charge is 0.618 e. The van der Waals surface area contributed by atoms with Gasteiger partial charge in [0.25, 0.3) is 5.69 Å². The molecule has 0 bridgehead atoms. The van der Waals surface area contributed by atoms with E-state index in [1.54, 1.807) is 6.07 Å². The van der Waals surface area contributed by atoms with Crippen molar-refractivity contribution < 1.29 is 9.48 Å². The van der Waals surface area contributed by atoms with Crippen molar-refractivity contribution in [2.24, 2.45) is 0 Å². The number of hydrogen-bond donors (Lipinski definition) is 0. The zero-order valence-electron chi connectivity index (χ0n) is 10.8. The van der Waals surface area contributed by atoms with Crippen molar-refractivity contribution in [3.63, 3.8) is 0 Å². The number of ether oxygens (including phenoxy) is 1. The highest BCUT2D eigenvalue weighted by molar-refractivity contribution is 6.00. The fraction of sp³-hybridized carbons (Fsp3) is 0.188. The molecule has 0 atom stereocenters. The van der Waals surface area contributed by atoms with E-state index in [4.69, 9.17) is 4.74 Å². The first-order valence-corrected chi connectivity index (χ1v) is 6.50. The van der Waals surface area contributed by atoms with Crippen LogP contribution in [0, 0.1) is 5.21 Å². The first-order chi connectivity index (χ1) is 9.31. The predicted molar refractivity (Wildman–Crippen MR) is 75.3 cm³/mol. The van der Waals surface area contributed by atoms with E-state index in [1.807, 2.05) is 42.5 Å². The maximum Gasteiger partial charge on any atom is 0.259 e. The van der Waals surface area contributed by atoms with Crippen LogP contribution in [0.15, 0.2) is 48.5 Å². The van der Waals surface area contributed by atoms with Crippen LogP contribution in [-0.4, -0.2) is 10.5 Å². The Balaban J connectivity index is 2.28. The van der Waals surface area contributed by atoms with Crippen molar-refractivity contribution >= 4 is 11.4 Å². The molecule has 1 heterocycles. The molecule has 2 aromatic carbocycles. The van der Waals surface area contributed by atoms with Crippen LogP contribution >= 0.6 is 0 Å². The van der Waals surface area contributed by atoms with Gasteiger partial charge in [-0.25, -0.2) is 0 Å². The number of hydrogen-bond acceptors (Lipinski definition) is 2. The quantitative estimate of drug-likeness (QED) is 0.593. The van der Waals surface area contributed by atoms with Crippen LogP contribution in [0.4, 0.5) is 5.69 Å². The van der Waals surface area contributed by atoms with Crippen LogP contribution in [-0.2, 0) is 0 Å². The average molecular weight is 253 g/mol. The molecule has 0 radical (unpaired) electrons. The Kier molecular flexibility index (Phi) is 2.95. The van der Waals surface area contributed by atoms with Gasteiger partial charge in [-0.2, -0.15) is 4.74 Å². The van der Waals surface area contributed by atoms with Crippen molar-refractivity contribution in [3.8, 4) is 11.5 Å². The Morgan fingerprint density at radius 2 is 1.68 bits per heavy atom. The standard InChI is InChI=1S/C16H15NO2/c1-2-7-13-12-8-3-5-10-15(12)19-16-11-6-4-9-14(16)17(13)18/h3-6,8-11H,2,7H2,1H3. The number of benzene rings is 2. The van der Waals surface area contributed by atoms with E-state index in [-0.39, 0.29) is 0 Å². The van der Waals surface area contributed by atoms with E-state index in [0.29, 0.717) is 11.4 Å². The highest BCUT2D eigenvalue weighted by atomic mass is 16.5. The Morgan fingerprint density at radius 3 is 2.47 bits per heavy atom. The zero-order valence-corrected chi connectivity index (χ0v) is 10.8. The normalized spacial score (nSPS) is 13.3. The van der Waals surface area contributed by atoms with Crippen molar-refractivity contribution in [2.75, 3.05) is 0 Å². The minimum atomic E-state index is 0.571. The summed E-state index contributed by atoms with van der Waals surface area (Å²) >= 11 is 0. The summed E-state index contributed by atoms with van der Waals surface area (Å²) in [5.41, 5.74) is 2.22. The van der Waals surface area contributed by atoms with Gasteiger partial charge >= 0.3 is 0 Å². The highest BCUT2D eigenvalue weighted by Crippen LogP contribution is 2.37. The molecule has 0 spiro atoms. The van der Waals surface area contributed by atoms with E-state index in [0.717, 1.165) is 34.6 Å². The molecule has 0 unspecified atom stereocenters. The van der Waals surface area contributed by atoms with Gasteiger partial charge in [-0.3, -0.25) is 0 Å². The molecule has 0 amide bonds. The smallest absolute Gasteiger partial charge is 0.259 e. The molecule has 3 rings (SSSR count). The summed E-state index contributed by atoms with van der Waals surface area (Å²) in [6.07, 6.45) is 1.66. The highest BCUT2D eigenvalue weighted by Gasteiger charge is 2.25. The summed E-state index contributed by atoms with van der Waals surface area (Å²) in [5, 5.41) is 12.6. The van der Waals surface area contributed by atoms with Crippen molar-refractivity contribution in [3.05, 3.63) is 59.3 Å². The molecule has 0 N–H and O–H groups in total. The number of rotatable bonds is 2. The molecule has 3 heteroatoms. The molecule has 2 aromatic rings. The van der Waals surface area contributed by atoms with Gasteiger partial charge in [0.15, 0.2) is 5.75 Å². The molecule has 0 saturated carbocycles. The summed E-state index contributed by atoms with van der Waals surface area (Å²) in [6.45, 7) is 2.07. The monoisotopic (exact) mass is 253 g/mol. The fourth-order valence-electron chi connectivity index (χ4n) is 2.35. The summed E-state index contributed by atoms with van der Waals surface area (Å²) in [7, 11) is 0. The summed E-state index contributed by atoms with van der Waals surface area (Å²) < 4.78 is 6.89. The zero-order chi connectivity index (χ0) is 13.2. The molecule has 0 saturated heterocycles. The Labute approximate surface area is 112 Å². The molecule has 1 aliphatic heterocycles. The maximum atomic E-state index is 12.6. The third-order valence-corrected chi connectivity index (χ3v) is 3.23. The van der Waals surface area contributed by atoms with Crippen LogP contribution in [0.3, 0.4) is 0 Å². The van der Waals surface area contributed by atoms with Crippen molar-refractivity contribution in [2.45, 2.75) is 19.8 Å². The Hall–Kier alpha value is -2.29. The van der Waals surface area contributed by atoms with Gasteiger partial charge in [-0.1, -0.05) is 31.2 Å². The molecule has 3 nitrogen and oxygen atoms in total. The van der Waals surface area contributed by atoms with E-state index >= 15 is 0 Å². The minimum Gasteiger partial charge on any atom is -0.618 e. The van der Waals surface area contributed by atoms with Gasteiger partial charge < -0.3 is 9.94 Å². The lowest BCUT2D eigenvalue weighted by molar-refractivity contribution is -0.361. The molecule has 96 valence electrons. The third kappa shape index (κ3) is 1.97. The number of para-hydroxylation sites is 3. The lowest BCUT2D eigenvalue weighted by Crippen LogP contribution is -2.12. The van der Waals surface area contributed by atoms with Crippen molar-refractivity contribution in [1.82, 2.24) is 0 Å². The topological polar surface area (TPSA) is 35.3 Å². The van der Waals surface area contributed by atoms with Crippen LogP contribution < -0.4 is 4.74 Å². The van der Waals surface area contributed by atoms with Gasteiger partial charge in [0, 0.05) is 12.5 Å². The van der Waals surface area contributed by atoms with Gasteiger partial charge in [0.2, 0.25) is 5.71 Å². The van der Waals surface area contributed by atoms with Gasteiger partial charge in [-0.05, 0) is 24.6 Å². The van der Waals surface area contributed by atoms with E-state index < -0.39 is 0 Å². The van der Waals surface area contributed by atoms with Gasteiger partial charge in [-0.15, -0.1) is 0 Å². The molecule has 1 aliphatic rings.